The Hall–Kier alpha value is -1.44. The van der Waals surface area contributed by atoms with Gasteiger partial charge in [0.25, 0.3) is 0 Å². The topological polar surface area (TPSA) is 69.7 Å². The molecule has 1 N–H and O–H groups in total. The first kappa shape index (κ1) is 22.2. The first-order valence-electron chi connectivity index (χ1n) is 11.0. The van der Waals surface area contributed by atoms with E-state index in [1.807, 2.05) is 19.1 Å². The van der Waals surface area contributed by atoms with E-state index in [2.05, 4.69) is 24.1 Å². The highest BCUT2D eigenvalue weighted by atomic mass is 32.2. The molecule has 1 heterocycles. The van der Waals surface area contributed by atoms with Gasteiger partial charge in [-0.15, -0.1) is 0 Å². The van der Waals surface area contributed by atoms with Gasteiger partial charge in [-0.25, -0.2) is 8.42 Å². The molecule has 1 saturated heterocycles. The van der Waals surface area contributed by atoms with Crippen molar-refractivity contribution in [3.63, 3.8) is 0 Å². The third-order valence-electron chi connectivity index (χ3n) is 6.60. The molecule has 1 aromatic carbocycles. The van der Waals surface area contributed by atoms with Crippen molar-refractivity contribution < 1.29 is 13.2 Å². The minimum absolute atomic E-state index is 0.0637. The van der Waals surface area contributed by atoms with Gasteiger partial charge >= 0.3 is 0 Å². The monoisotopic (exact) mass is 421 g/mol. The quantitative estimate of drug-likeness (QED) is 0.735. The van der Waals surface area contributed by atoms with E-state index in [1.165, 1.54) is 18.4 Å². The Balaban J connectivity index is 1.56. The van der Waals surface area contributed by atoms with Crippen LogP contribution in [0.4, 0.5) is 0 Å². The lowest BCUT2D eigenvalue weighted by Crippen LogP contribution is -2.55. The van der Waals surface area contributed by atoms with Crippen LogP contribution in [-0.4, -0.2) is 61.8 Å². The van der Waals surface area contributed by atoms with E-state index >= 15 is 0 Å². The van der Waals surface area contributed by atoms with Gasteiger partial charge in [-0.2, -0.15) is 4.31 Å². The highest BCUT2D eigenvalue weighted by Gasteiger charge is 2.32. The number of hydrogen-bond acceptors (Lipinski definition) is 4. The second-order valence-electron chi connectivity index (χ2n) is 8.48. The van der Waals surface area contributed by atoms with Crippen LogP contribution in [0.15, 0.2) is 29.2 Å². The standard InChI is InChI=1S/C22H35N3O3S/c1-4-17(2)19-9-11-21(12-10-19)29(27,28)25-15-13-24(14-16-25)18(3)22(26)23-20-7-5-6-8-20/h9-12,17-18,20H,4-8,13-16H2,1-3H3,(H,23,26)/t17-,18-/m1/s1. The number of rotatable bonds is 7. The molecule has 2 atom stereocenters. The van der Waals surface area contributed by atoms with E-state index in [4.69, 9.17) is 0 Å². The first-order valence-corrected chi connectivity index (χ1v) is 12.4. The second-order valence-corrected chi connectivity index (χ2v) is 10.4. The van der Waals surface area contributed by atoms with E-state index in [0.29, 0.717) is 43.0 Å². The van der Waals surface area contributed by atoms with E-state index in [9.17, 15) is 13.2 Å². The lowest BCUT2D eigenvalue weighted by molar-refractivity contribution is -0.127. The highest BCUT2D eigenvalue weighted by Crippen LogP contribution is 2.23. The molecular formula is C22H35N3O3S. The number of nitrogens with one attached hydrogen (secondary N) is 1. The third kappa shape index (κ3) is 5.19. The molecule has 1 aliphatic heterocycles. The average Bonchev–Trinajstić information content (AvgIpc) is 3.25. The number of hydrogen-bond donors (Lipinski definition) is 1. The molecule has 29 heavy (non-hydrogen) atoms. The smallest absolute Gasteiger partial charge is 0.243 e. The summed E-state index contributed by atoms with van der Waals surface area (Å²) in [6.45, 7) is 8.17. The van der Waals surface area contributed by atoms with Gasteiger partial charge in [0.1, 0.15) is 0 Å². The molecule has 6 nitrogen and oxygen atoms in total. The Morgan fingerprint density at radius 3 is 2.21 bits per heavy atom. The Kier molecular flexibility index (Phi) is 7.35. The van der Waals surface area contributed by atoms with E-state index in [1.54, 1.807) is 16.4 Å². The zero-order chi connectivity index (χ0) is 21.0. The van der Waals surface area contributed by atoms with Gasteiger partial charge in [-0.1, -0.05) is 38.8 Å². The van der Waals surface area contributed by atoms with Gasteiger partial charge in [0.15, 0.2) is 0 Å². The molecule has 1 saturated carbocycles. The van der Waals surface area contributed by atoms with Crippen molar-refractivity contribution in [3.8, 4) is 0 Å². The lowest BCUT2D eigenvalue weighted by Gasteiger charge is -2.37. The minimum Gasteiger partial charge on any atom is -0.352 e. The Morgan fingerprint density at radius 2 is 1.66 bits per heavy atom. The van der Waals surface area contributed by atoms with Crippen LogP contribution >= 0.6 is 0 Å². The molecule has 1 aromatic rings. The zero-order valence-corrected chi connectivity index (χ0v) is 18.7. The summed E-state index contributed by atoms with van der Waals surface area (Å²) in [4.78, 5) is 15.0. The number of carbonyl (C=O) groups excluding carboxylic acids is 1. The van der Waals surface area contributed by atoms with Crippen LogP contribution in [-0.2, 0) is 14.8 Å². The average molecular weight is 422 g/mol. The summed E-state index contributed by atoms with van der Waals surface area (Å²) in [5.41, 5.74) is 1.17. The summed E-state index contributed by atoms with van der Waals surface area (Å²) in [6.07, 6.45) is 5.55. The Labute approximate surface area is 175 Å². The fourth-order valence-corrected chi connectivity index (χ4v) is 5.66. The normalized spacial score (nSPS) is 21.8. The lowest BCUT2D eigenvalue weighted by atomic mass is 9.99. The van der Waals surface area contributed by atoms with Gasteiger partial charge in [-0.3, -0.25) is 9.69 Å². The van der Waals surface area contributed by atoms with Crippen LogP contribution in [0.2, 0.25) is 0 Å². The molecule has 7 heteroatoms. The maximum atomic E-state index is 13.0. The van der Waals surface area contributed by atoms with E-state index < -0.39 is 10.0 Å². The van der Waals surface area contributed by atoms with Crippen molar-refractivity contribution in [2.45, 2.75) is 75.8 Å². The van der Waals surface area contributed by atoms with Crippen LogP contribution in [0.5, 0.6) is 0 Å². The van der Waals surface area contributed by atoms with Crippen molar-refractivity contribution >= 4 is 15.9 Å². The van der Waals surface area contributed by atoms with Crippen LogP contribution < -0.4 is 5.32 Å². The summed E-state index contributed by atoms with van der Waals surface area (Å²) < 4.78 is 27.6. The molecule has 0 bridgehead atoms. The highest BCUT2D eigenvalue weighted by molar-refractivity contribution is 7.89. The van der Waals surface area contributed by atoms with Gasteiger partial charge < -0.3 is 5.32 Å². The maximum absolute atomic E-state index is 13.0. The number of nitrogens with zero attached hydrogens (tertiary/aromatic N) is 2. The summed E-state index contributed by atoms with van der Waals surface area (Å²) in [7, 11) is -3.49. The van der Waals surface area contributed by atoms with E-state index in [0.717, 1.165) is 19.3 Å². The molecular weight excluding hydrogens is 386 g/mol. The molecule has 1 amide bonds. The van der Waals surface area contributed by atoms with Crippen molar-refractivity contribution in [3.05, 3.63) is 29.8 Å². The number of carbonyl (C=O) groups is 1. The molecule has 0 unspecified atom stereocenters. The predicted molar refractivity (Wildman–Crippen MR) is 115 cm³/mol. The van der Waals surface area contributed by atoms with Crippen LogP contribution in [0, 0.1) is 0 Å². The van der Waals surface area contributed by atoms with Gasteiger partial charge in [0.2, 0.25) is 15.9 Å². The molecule has 162 valence electrons. The van der Waals surface area contributed by atoms with Crippen molar-refractivity contribution in [2.75, 3.05) is 26.2 Å². The van der Waals surface area contributed by atoms with Crippen molar-refractivity contribution in [2.24, 2.45) is 0 Å². The Bertz CT molecular complexity index is 780. The molecule has 2 aliphatic rings. The second kappa shape index (κ2) is 9.58. The van der Waals surface area contributed by atoms with Crippen LogP contribution in [0.1, 0.15) is 64.4 Å². The Morgan fingerprint density at radius 1 is 1.07 bits per heavy atom. The largest absolute Gasteiger partial charge is 0.352 e. The molecule has 2 fully saturated rings. The molecule has 0 radical (unpaired) electrons. The maximum Gasteiger partial charge on any atom is 0.243 e. The summed E-state index contributed by atoms with van der Waals surface area (Å²) in [5.74, 6) is 0.487. The summed E-state index contributed by atoms with van der Waals surface area (Å²) in [5, 5.41) is 3.15. The third-order valence-corrected chi connectivity index (χ3v) is 8.51. The molecule has 0 aromatic heterocycles. The summed E-state index contributed by atoms with van der Waals surface area (Å²) >= 11 is 0. The van der Waals surface area contributed by atoms with Crippen molar-refractivity contribution in [1.29, 1.82) is 0 Å². The van der Waals surface area contributed by atoms with Gasteiger partial charge in [0, 0.05) is 32.2 Å². The van der Waals surface area contributed by atoms with Crippen LogP contribution in [0.25, 0.3) is 0 Å². The first-order chi connectivity index (χ1) is 13.8. The minimum atomic E-state index is -3.49. The number of piperazine rings is 1. The van der Waals surface area contributed by atoms with Crippen LogP contribution in [0.3, 0.4) is 0 Å². The number of sulfonamides is 1. The zero-order valence-electron chi connectivity index (χ0n) is 17.9. The fourth-order valence-electron chi connectivity index (χ4n) is 4.24. The molecule has 0 spiro atoms. The SMILES string of the molecule is CC[C@@H](C)c1ccc(S(=O)(=O)N2CCN([C@H](C)C(=O)NC3CCCC3)CC2)cc1. The summed E-state index contributed by atoms with van der Waals surface area (Å²) in [6, 6.07) is 7.38. The molecule has 1 aliphatic carbocycles. The predicted octanol–water partition coefficient (Wildman–Crippen LogP) is 2.95. The number of amides is 1. The molecule has 3 rings (SSSR count). The van der Waals surface area contributed by atoms with E-state index in [-0.39, 0.29) is 11.9 Å². The fraction of sp³-hybridized carbons (Fsp3) is 0.682. The van der Waals surface area contributed by atoms with Crippen molar-refractivity contribution in [1.82, 2.24) is 14.5 Å². The van der Waals surface area contributed by atoms with Gasteiger partial charge in [-0.05, 0) is 49.8 Å². The van der Waals surface area contributed by atoms with Gasteiger partial charge in [0.05, 0.1) is 10.9 Å². The number of benzene rings is 1.